The summed E-state index contributed by atoms with van der Waals surface area (Å²) in [5.41, 5.74) is 11.3. The molecule has 3 rings (SSSR count). The molecule has 0 unspecified atom stereocenters. The Hall–Kier alpha value is -2.29. The number of anilines is 2. The fourth-order valence-electron chi connectivity index (χ4n) is 2.97. The van der Waals surface area contributed by atoms with Crippen LogP contribution in [0.1, 0.15) is 23.1 Å². The summed E-state index contributed by atoms with van der Waals surface area (Å²) in [6.45, 7) is 2.82. The third-order valence-corrected chi connectivity index (χ3v) is 4.07. The Balaban J connectivity index is 1.69. The summed E-state index contributed by atoms with van der Waals surface area (Å²) < 4.78 is 0. The molecule has 3 heteroatoms. The SMILES string of the molecule is Cc1cccc(CCC(=O)N2CCc3c(N)cccc32)c1. The highest BCUT2D eigenvalue weighted by Crippen LogP contribution is 2.32. The molecule has 0 bridgehead atoms. The lowest BCUT2D eigenvalue weighted by molar-refractivity contribution is -0.118. The van der Waals surface area contributed by atoms with Crippen LogP contribution in [0.4, 0.5) is 11.4 Å². The number of benzene rings is 2. The summed E-state index contributed by atoms with van der Waals surface area (Å²) in [5.74, 6) is 0.181. The smallest absolute Gasteiger partial charge is 0.227 e. The number of rotatable bonds is 3. The average molecular weight is 280 g/mol. The first-order valence-corrected chi connectivity index (χ1v) is 7.38. The van der Waals surface area contributed by atoms with E-state index in [1.807, 2.05) is 29.2 Å². The van der Waals surface area contributed by atoms with Crippen LogP contribution in [0.3, 0.4) is 0 Å². The van der Waals surface area contributed by atoms with Crippen LogP contribution in [-0.2, 0) is 17.6 Å². The number of fused-ring (bicyclic) bond motifs is 1. The van der Waals surface area contributed by atoms with Gasteiger partial charge in [0.25, 0.3) is 0 Å². The number of carbonyl (C=O) groups is 1. The van der Waals surface area contributed by atoms with Crippen molar-refractivity contribution < 1.29 is 4.79 Å². The second-order valence-electron chi connectivity index (χ2n) is 5.63. The normalized spacial score (nSPS) is 13.3. The lowest BCUT2D eigenvalue weighted by Crippen LogP contribution is -2.29. The second-order valence-corrected chi connectivity index (χ2v) is 5.63. The van der Waals surface area contributed by atoms with E-state index in [2.05, 4.69) is 25.1 Å². The van der Waals surface area contributed by atoms with Crippen LogP contribution >= 0.6 is 0 Å². The molecule has 0 saturated heterocycles. The number of carbonyl (C=O) groups excluding carboxylic acids is 1. The fraction of sp³-hybridized carbons (Fsp3) is 0.278. The maximum atomic E-state index is 12.5. The number of nitrogen functional groups attached to an aromatic ring is 1. The van der Waals surface area contributed by atoms with E-state index in [4.69, 9.17) is 5.73 Å². The molecule has 1 aliphatic rings. The summed E-state index contributed by atoms with van der Waals surface area (Å²) in [6.07, 6.45) is 2.19. The van der Waals surface area contributed by atoms with Crippen molar-refractivity contribution in [2.75, 3.05) is 17.2 Å². The van der Waals surface area contributed by atoms with Gasteiger partial charge in [-0.3, -0.25) is 4.79 Å². The topological polar surface area (TPSA) is 46.3 Å². The molecule has 0 fully saturated rings. The van der Waals surface area contributed by atoms with Gasteiger partial charge in [0.05, 0.1) is 0 Å². The Labute approximate surface area is 125 Å². The number of hydrogen-bond acceptors (Lipinski definition) is 2. The number of nitrogens with two attached hydrogens (primary N) is 1. The number of nitrogens with zero attached hydrogens (tertiary/aromatic N) is 1. The third kappa shape index (κ3) is 2.77. The molecule has 0 saturated carbocycles. The van der Waals surface area contributed by atoms with Crippen LogP contribution in [-0.4, -0.2) is 12.5 Å². The van der Waals surface area contributed by atoms with Crippen LogP contribution in [0.15, 0.2) is 42.5 Å². The predicted molar refractivity (Wildman–Crippen MR) is 86.4 cm³/mol. The first-order chi connectivity index (χ1) is 10.1. The molecule has 1 heterocycles. The van der Waals surface area contributed by atoms with Crippen molar-refractivity contribution in [1.82, 2.24) is 0 Å². The molecule has 108 valence electrons. The zero-order valence-corrected chi connectivity index (χ0v) is 12.3. The van der Waals surface area contributed by atoms with E-state index in [1.165, 1.54) is 11.1 Å². The highest BCUT2D eigenvalue weighted by Gasteiger charge is 2.25. The molecule has 0 atom stereocenters. The van der Waals surface area contributed by atoms with E-state index < -0.39 is 0 Å². The lowest BCUT2D eigenvalue weighted by Gasteiger charge is -2.17. The summed E-state index contributed by atoms with van der Waals surface area (Å²) in [4.78, 5) is 14.3. The molecule has 2 aromatic carbocycles. The second kappa shape index (κ2) is 5.60. The third-order valence-electron chi connectivity index (χ3n) is 4.07. The molecule has 3 nitrogen and oxygen atoms in total. The van der Waals surface area contributed by atoms with Crippen molar-refractivity contribution in [3.8, 4) is 0 Å². The monoisotopic (exact) mass is 280 g/mol. The standard InChI is InChI=1S/C18H20N2O/c1-13-4-2-5-14(12-13)8-9-18(21)20-11-10-15-16(19)6-3-7-17(15)20/h2-7,12H,8-11,19H2,1H3. The average Bonchev–Trinajstić information content (AvgIpc) is 2.90. The van der Waals surface area contributed by atoms with Gasteiger partial charge in [0.15, 0.2) is 0 Å². The highest BCUT2D eigenvalue weighted by molar-refractivity contribution is 5.96. The van der Waals surface area contributed by atoms with Gasteiger partial charge < -0.3 is 10.6 Å². The van der Waals surface area contributed by atoms with Crippen molar-refractivity contribution in [2.45, 2.75) is 26.2 Å². The van der Waals surface area contributed by atoms with Gasteiger partial charge in [0, 0.05) is 29.9 Å². The van der Waals surface area contributed by atoms with Crippen molar-refractivity contribution >= 4 is 17.3 Å². The minimum absolute atomic E-state index is 0.181. The lowest BCUT2D eigenvalue weighted by atomic mass is 10.1. The van der Waals surface area contributed by atoms with Gasteiger partial charge in [-0.1, -0.05) is 35.9 Å². The molecule has 0 aliphatic carbocycles. The van der Waals surface area contributed by atoms with Gasteiger partial charge >= 0.3 is 0 Å². The molecule has 2 aromatic rings. The van der Waals surface area contributed by atoms with Gasteiger partial charge in [-0.15, -0.1) is 0 Å². The molecule has 2 N–H and O–H groups in total. The van der Waals surface area contributed by atoms with Crippen molar-refractivity contribution in [3.63, 3.8) is 0 Å². The fourth-order valence-corrected chi connectivity index (χ4v) is 2.97. The van der Waals surface area contributed by atoms with E-state index in [0.29, 0.717) is 6.42 Å². The van der Waals surface area contributed by atoms with E-state index in [-0.39, 0.29) is 5.91 Å². The van der Waals surface area contributed by atoms with E-state index in [1.54, 1.807) is 0 Å². The first kappa shape index (κ1) is 13.7. The molecule has 0 radical (unpaired) electrons. The Morgan fingerprint density at radius 2 is 2.05 bits per heavy atom. The van der Waals surface area contributed by atoms with Gasteiger partial charge in [-0.2, -0.15) is 0 Å². The minimum Gasteiger partial charge on any atom is -0.398 e. The van der Waals surface area contributed by atoms with Gasteiger partial charge in [-0.05, 0) is 37.5 Å². The van der Waals surface area contributed by atoms with Gasteiger partial charge in [-0.25, -0.2) is 0 Å². The van der Waals surface area contributed by atoms with Crippen LogP contribution in [0.5, 0.6) is 0 Å². The van der Waals surface area contributed by atoms with Gasteiger partial charge in [0.2, 0.25) is 5.91 Å². The summed E-state index contributed by atoms with van der Waals surface area (Å²) in [5, 5.41) is 0. The van der Waals surface area contributed by atoms with Crippen molar-refractivity contribution in [2.24, 2.45) is 0 Å². The molecular formula is C18H20N2O. The zero-order valence-electron chi connectivity index (χ0n) is 12.3. The van der Waals surface area contributed by atoms with Crippen LogP contribution in [0.2, 0.25) is 0 Å². The van der Waals surface area contributed by atoms with Crippen LogP contribution < -0.4 is 10.6 Å². The molecule has 0 aromatic heterocycles. The number of amides is 1. The first-order valence-electron chi connectivity index (χ1n) is 7.38. The summed E-state index contributed by atoms with van der Waals surface area (Å²) in [6, 6.07) is 14.1. The Morgan fingerprint density at radius 3 is 2.86 bits per heavy atom. The predicted octanol–water partition coefficient (Wildman–Crippen LogP) is 3.10. The Bertz CT molecular complexity index is 679. The van der Waals surface area contributed by atoms with E-state index in [0.717, 1.165) is 36.3 Å². The van der Waals surface area contributed by atoms with Crippen LogP contribution in [0, 0.1) is 6.92 Å². The summed E-state index contributed by atoms with van der Waals surface area (Å²) in [7, 11) is 0. The molecule has 1 amide bonds. The molecule has 1 aliphatic heterocycles. The Morgan fingerprint density at radius 1 is 1.24 bits per heavy atom. The zero-order chi connectivity index (χ0) is 14.8. The molecular weight excluding hydrogens is 260 g/mol. The number of aryl methyl sites for hydroxylation is 2. The maximum absolute atomic E-state index is 12.5. The highest BCUT2D eigenvalue weighted by atomic mass is 16.2. The number of hydrogen-bond donors (Lipinski definition) is 1. The minimum atomic E-state index is 0.181. The van der Waals surface area contributed by atoms with Crippen LogP contribution in [0.25, 0.3) is 0 Å². The quantitative estimate of drug-likeness (QED) is 0.878. The maximum Gasteiger partial charge on any atom is 0.227 e. The van der Waals surface area contributed by atoms with E-state index >= 15 is 0 Å². The molecule has 21 heavy (non-hydrogen) atoms. The largest absolute Gasteiger partial charge is 0.398 e. The van der Waals surface area contributed by atoms with Crippen molar-refractivity contribution in [3.05, 3.63) is 59.2 Å². The summed E-state index contributed by atoms with van der Waals surface area (Å²) >= 11 is 0. The van der Waals surface area contributed by atoms with Gasteiger partial charge in [0.1, 0.15) is 0 Å². The van der Waals surface area contributed by atoms with Crippen molar-refractivity contribution in [1.29, 1.82) is 0 Å². The Kier molecular flexibility index (Phi) is 3.65. The van der Waals surface area contributed by atoms with E-state index in [9.17, 15) is 4.79 Å². The molecule has 0 spiro atoms.